The first-order valence-corrected chi connectivity index (χ1v) is 9.95. The number of hydrogen-bond acceptors (Lipinski definition) is 6. The van der Waals surface area contributed by atoms with E-state index in [1.807, 2.05) is 13.8 Å². The van der Waals surface area contributed by atoms with E-state index in [9.17, 15) is 19.7 Å². The number of nitro groups is 1. The van der Waals surface area contributed by atoms with Crippen LogP contribution in [0, 0.1) is 24.0 Å². The van der Waals surface area contributed by atoms with Crippen molar-refractivity contribution in [1.29, 1.82) is 0 Å². The van der Waals surface area contributed by atoms with Gasteiger partial charge in [-0.15, -0.1) is 0 Å². The van der Waals surface area contributed by atoms with Gasteiger partial charge in [0.2, 0.25) is 5.76 Å². The van der Waals surface area contributed by atoms with Crippen LogP contribution >= 0.6 is 0 Å². The van der Waals surface area contributed by atoms with Crippen LogP contribution in [0.3, 0.4) is 0 Å². The summed E-state index contributed by atoms with van der Waals surface area (Å²) >= 11 is 0. The Morgan fingerprint density at radius 2 is 1.90 bits per heavy atom. The zero-order valence-corrected chi connectivity index (χ0v) is 17.5. The highest BCUT2D eigenvalue weighted by Crippen LogP contribution is 2.39. The van der Waals surface area contributed by atoms with Crippen LogP contribution in [0.4, 0.5) is 5.69 Å². The summed E-state index contributed by atoms with van der Waals surface area (Å²) in [5, 5.41) is 11.7. The molecule has 0 fully saturated rings. The summed E-state index contributed by atoms with van der Waals surface area (Å²) in [5.41, 5.74) is 2.57. The summed E-state index contributed by atoms with van der Waals surface area (Å²) in [6.45, 7) is 4.57. The number of rotatable bonds is 6. The van der Waals surface area contributed by atoms with Crippen molar-refractivity contribution in [3.63, 3.8) is 0 Å². The van der Waals surface area contributed by atoms with E-state index < -0.39 is 16.9 Å². The van der Waals surface area contributed by atoms with Gasteiger partial charge in [-0.05, 0) is 49.1 Å². The SMILES string of the molecule is COCCCN1C(=O)c2oc3cc(C)c(C)cc3c(=O)c2C1c1cccc([N+](=O)[O-])c1. The number of benzene rings is 2. The molecule has 0 radical (unpaired) electrons. The highest BCUT2D eigenvalue weighted by atomic mass is 16.6. The van der Waals surface area contributed by atoms with Gasteiger partial charge in [0.25, 0.3) is 11.6 Å². The number of nitro benzene ring substituents is 1. The van der Waals surface area contributed by atoms with Crippen LogP contribution in [-0.2, 0) is 4.74 Å². The smallest absolute Gasteiger partial charge is 0.290 e. The third-order valence-electron chi connectivity index (χ3n) is 5.73. The number of hydrogen-bond donors (Lipinski definition) is 0. The average Bonchev–Trinajstić information content (AvgIpc) is 3.02. The Bertz CT molecular complexity index is 1260. The first-order chi connectivity index (χ1) is 14.8. The molecule has 1 aliphatic rings. The molecule has 3 aromatic rings. The maximum atomic E-state index is 13.5. The summed E-state index contributed by atoms with van der Waals surface area (Å²) in [6, 6.07) is 8.79. The van der Waals surface area contributed by atoms with Gasteiger partial charge in [0.05, 0.1) is 21.9 Å². The van der Waals surface area contributed by atoms with Crippen LogP contribution in [0.15, 0.2) is 45.6 Å². The maximum Gasteiger partial charge on any atom is 0.290 e. The standard InChI is InChI=1S/C23H22N2O6/c1-13-10-17-18(11-14(13)2)31-22-19(21(17)26)20(24(23(22)27)8-5-9-30-3)15-6-4-7-16(12-15)25(28)29/h4,6-7,10-12,20H,5,8-9H2,1-3H3. The minimum atomic E-state index is -0.762. The molecule has 0 saturated carbocycles. The van der Waals surface area contributed by atoms with Gasteiger partial charge in [-0.1, -0.05) is 12.1 Å². The van der Waals surface area contributed by atoms with Crippen LogP contribution in [0.25, 0.3) is 11.0 Å². The number of amides is 1. The summed E-state index contributed by atoms with van der Waals surface area (Å²) < 4.78 is 11.0. The lowest BCUT2D eigenvalue weighted by Crippen LogP contribution is -2.31. The molecule has 1 aliphatic heterocycles. The summed E-state index contributed by atoms with van der Waals surface area (Å²) in [7, 11) is 1.57. The van der Waals surface area contributed by atoms with Gasteiger partial charge < -0.3 is 14.1 Å². The van der Waals surface area contributed by atoms with Crippen LogP contribution in [0.5, 0.6) is 0 Å². The molecule has 1 atom stereocenters. The van der Waals surface area contributed by atoms with Crippen molar-refractivity contribution in [3.8, 4) is 0 Å². The summed E-state index contributed by atoms with van der Waals surface area (Å²) in [4.78, 5) is 39.1. The Hall–Kier alpha value is -3.52. The second-order valence-corrected chi connectivity index (χ2v) is 7.71. The van der Waals surface area contributed by atoms with Gasteiger partial charge in [0.1, 0.15) is 5.58 Å². The molecule has 2 aromatic carbocycles. The zero-order valence-electron chi connectivity index (χ0n) is 17.5. The van der Waals surface area contributed by atoms with Gasteiger partial charge in [0.15, 0.2) is 5.43 Å². The van der Waals surface area contributed by atoms with Crippen LogP contribution in [-0.4, -0.2) is 36.0 Å². The van der Waals surface area contributed by atoms with E-state index in [0.29, 0.717) is 36.1 Å². The molecule has 2 heterocycles. The molecule has 160 valence electrons. The van der Waals surface area contributed by atoms with Gasteiger partial charge in [-0.25, -0.2) is 0 Å². The van der Waals surface area contributed by atoms with E-state index in [2.05, 4.69) is 0 Å². The van der Waals surface area contributed by atoms with E-state index >= 15 is 0 Å². The topological polar surface area (TPSA) is 103 Å². The molecule has 8 nitrogen and oxygen atoms in total. The van der Waals surface area contributed by atoms with Crippen molar-refractivity contribution in [3.05, 3.63) is 84.7 Å². The predicted octanol–water partition coefficient (Wildman–Crippen LogP) is 3.90. The second kappa shape index (κ2) is 7.96. The molecular formula is C23H22N2O6. The highest BCUT2D eigenvalue weighted by Gasteiger charge is 2.42. The first kappa shape index (κ1) is 20.7. The fourth-order valence-corrected chi connectivity index (χ4v) is 4.04. The lowest BCUT2D eigenvalue weighted by Gasteiger charge is -2.24. The average molecular weight is 422 g/mol. The van der Waals surface area contributed by atoms with Crippen molar-refractivity contribution in [2.75, 3.05) is 20.3 Å². The molecule has 0 N–H and O–H groups in total. The Labute approximate surface area is 178 Å². The molecule has 0 saturated heterocycles. The molecule has 0 bridgehead atoms. The third-order valence-corrected chi connectivity index (χ3v) is 5.73. The fourth-order valence-electron chi connectivity index (χ4n) is 4.04. The normalized spacial score (nSPS) is 15.5. The Kier molecular flexibility index (Phi) is 5.32. The molecule has 1 aromatic heterocycles. The number of nitrogens with zero attached hydrogens (tertiary/aromatic N) is 2. The number of aryl methyl sites for hydroxylation is 2. The van der Waals surface area contributed by atoms with Gasteiger partial charge >= 0.3 is 0 Å². The quantitative estimate of drug-likeness (QED) is 0.339. The van der Waals surface area contributed by atoms with Crippen LogP contribution in [0.2, 0.25) is 0 Å². The third kappa shape index (κ3) is 3.48. The lowest BCUT2D eigenvalue weighted by molar-refractivity contribution is -0.384. The fraction of sp³-hybridized carbons (Fsp3) is 0.304. The minimum absolute atomic E-state index is 0.00493. The van der Waals surface area contributed by atoms with E-state index in [4.69, 9.17) is 9.15 Å². The number of non-ortho nitro benzene ring substituents is 1. The van der Waals surface area contributed by atoms with Crippen molar-refractivity contribution in [2.45, 2.75) is 26.3 Å². The van der Waals surface area contributed by atoms with E-state index in [1.165, 1.54) is 17.0 Å². The Morgan fingerprint density at radius 1 is 1.16 bits per heavy atom. The van der Waals surface area contributed by atoms with Gasteiger partial charge in [-0.2, -0.15) is 0 Å². The van der Waals surface area contributed by atoms with E-state index in [-0.39, 0.29) is 22.4 Å². The van der Waals surface area contributed by atoms with Crippen molar-refractivity contribution in [2.24, 2.45) is 0 Å². The van der Waals surface area contributed by atoms with Crippen LogP contribution < -0.4 is 5.43 Å². The zero-order chi connectivity index (χ0) is 22.3. The number of carbonyl (C=O) groups is 1. The van der Waals surface area contributed by atoms with E-state index in [1.54, 1.807) is 31.4 Å². The Morgan fingerprint density at radius 3 is 2.61 bits per heavy atom. The molecule has 0 aliphatic carbocycles. The second-order valence-electron chi connectivity index (χ2n) is 7.71. The highest BCUT2D eigenvalue weighted by molar-refractivity contribution is 5.99. The summed E-state index contributed by atoms with van der Waals surface area (Å²) in [5.74, 6) is -0.408. The maximum absolute atomic E-state index is 13.5. The van der Waals surface area contributed by atoms with Crippen LogP contribution in [0.1, 0.15) is 45.3 Å². The number of ether oxygens (including phenoxy) is 1. The van der Waals surface area contributed by atoms with Gasteiger partial charge in [0, 0.05) is 32.4 Å². The molecular weight excluding hydrogens is 400 g/mol. The first-order valence-electron chi connectivity index (χ1n) is 9.95. The summed E-state index contributed by atoms with van der Waals surface area (Å²) in [6.07, 6.45) is 0.549. The minimum Gasteiger partial charge on any atom is -0.450 e. The van der Waals surface area contributed by atoms with Crippen molar-refractivity contribution >= 4 is 22.6 Å². The predicted molar refractivity (Wildman–Crippen MR) is 114 cm³/mol. The Balaban J connectivity index is 1.95. The van der Waals surface area contributed by atoms with E-state index in [0.717, 1.165) is 11.1 Å². The molecule has 1 amide bonds. The van der Waals surface area contributed by atoms with Crippen molar-refractivity contribution < 1.29 is 18.9 Å². The van der Waals surface area contributed by atoms with Gasteiger partial charge in [-0.3, -0.25) is 19.7 Å². The molecule has 8 heteroatoms. The van der Waals surface area contributed by atoms with Crippen molar-refractivity contribution in [1.82, 2.24) is 4.90 Å². The molecule has 4 rings (SSSR count). The lowest BCUT2D eigenvalue weighted by atomic mass is 9.97. The largest absolute Gasteiger partial charge is 0.450 e. The molecule has 0 spiro atoms. The monoisotopic (exact) mass is 422 g/mol. The molecule has 1 unspecified atom stereocenters. The number of methoxy groups -OCH3 is 1. The number of carbonyl (C=O) groups excluding carboxylic acids is 1. The molecule has 31 heavy (non-hydrogen) atoms. The number of fused-ring (bicyclic) bond motifs is 2.